The lowest BCUT2D eigenvalue weighted by atomic mass is 10.2. The van der Waals surface area contributed by atoms with E-state index in [0.717, 1.165) is 54.1 Å². The molecule has 27 heavy (non-hydrogen) atoms. The van der Waals surface area contributed by atoms with Gasteiger partial charge in [-0.15, -0.1) is 35.3 Å². The highest BCUT2D eigenvalue weighted by atomic mass is 127. The Bertz CT molecular complexity index is 703. The summed E-state index contributed by atoms with van der Waals surface area (Å²) < 4.78 is 5.79. The van der Waals surface area contributed by atoms with Crippen molar-refractivity contribution in [1.29, 1.82) is 0 Å². The van der Waals surface area contributed by atoms with E-state index in [2.05, 4.69) is 58.9 Å². The third-order valence-corrected chi connectivity index (χ3v) is 4.41. The molecule has 2 N–H and O–H groups in total. The highest BCUT2D eigenvalue weighted by Gasteiger charge is 2.02. The van der Waals surface area contributed by atoms with Crippen LogP contribution < -0.4 is 15.4 Å². The number of nitrogens with one attached hydrogen (secondary N) is 2. The van der Waals surface area contributed by atoms with Gasteiger partial charge in [-0.3, -0.25) is 0 Å². The Kier molecular flexibility index (Phi) is 11.3. The molecule has 0 spiro atoms. The SMILES string of the molecule is CCNC(=NCc1cccc(OCC(C)C)c1)NCCc1csc(C)n1.I. The first-order valence-corrected chi connectivity index (χ1v) is 10.1. The van der Waals surface area contributed by atoms with Gasteiger partial charge in [0.1, 0.15) is 5.75 Å². The third-order valence-electron chi connectivity index (χ3n) is 3.59. The first kappa shape index (κ1) is 23.7. The summed E-state index contributed by atoms with van der Waals surface area (Å²) in [7, 11) is 0. The van der Waals surface area contributed by atoms with E-state index in [1.165, 1.54) is 0 Å². The van der Waals surface area contributed by atoms with Gasteiger partial charge in [-0.1, -0.05) is 26.0 Å². The van der Waals surface area contributed by atoms with Gasteiger partial charge in [-0.2, -0.15) is 0 Å². The molecule has 0 radical (unpaired) electrons. The van der Waals surface area contributed by atoms with Crippen LogP contribution >= 0.6 is 35.3 Å². The molecule has 0 aliphatic rings. The summed E-state index contributed by atoms with van der Waals surface area (Å²) in [5.41, 5.74) is 2.27. The van der Waals surface area contributed by atoms with Crippen LogP contribution in [-0.4, -0.2) is 30.6 Å². The van der Waals surface area contributed by atoms with Crippen molar-refractivity contribution in [3.63, 3.8) is 0 Å². The van der Waals surface area contributed by atoms with Crippen LogP contribution in [0.15, 0.2) is 34.6 Å². The summed E-state index contributed by atoms with van der Waals surface area (Å²) in [5.74, 6) is 2.25. The second kappa shape index (κ2) is 12.9. The summed E-state index contributed by atoms with van der Waals surface area (Å²) in [6.07, 6.45) is 0.896. The highest BCUT2D eigenvalue weighted by Crippen LogP contribution is 2.15. The molecule has 0 aliphatic carbocycles. The molecule has 0 unspecified atom stereocenters. The Hall–Kier alpha value is -1.35. The number of nitrogens with zero attached hydrogens (tertiary/aromatic N) is 2. The van der Waals surface area contributed by atoms with Crippen molar-refractivity contribution in [3.8, 4) is 5.75 Å². The lowest BCUT2D eigenvalue weighted by Crippen LogP contribution is -2.38. The molecular weight excluding hydrogens is 471 g/mol. The minimum Gasteiger partial charge on any atom is -0.493 e. The van der Waals surface area contributed by atoms with E-state index in [0.29, 0.717) is 12.5 Å². The molecule has 2 rings (SSSR count). The lowest BCUT2D eigenvalue weighted by Gasteiger charge is -2.12. The molecule has 7 heteroatoms. The number of aryl methyl sites for hydroxylation is 1. The molecule has 0 atom stereocenters. The Morgan fingerprint density at radius 2 is 2.11 bits per heavy atom. The zero-order chi connectivity index (χ0) is 18.8. The molecule has 0 saturated carbocycles. The largest absolute Gasteiger partial charge is 0.493 e. The molecule has 0 saturated heterocycles. The van der Waals surface area contributed by atoms with Crippen molar-refractivity contribution in [2.45, 2.75) is 40.7 Å². The smallest absolute Gasteiger partial charge is 0.191 e. The predicted octanol–water partition coefficient (Wildman–Crippen LogP) is 4.40. The van der Waals surface area contributed by atoms with Gasteiger partial charge in [0.05, 0.1) is 23.9 Å². The van der Waals surface area contributed by atoms with Crippen LogP contribution in [0.5, 0.6) is 5.75 Å². The van der Waals surface area contributed by atoms with Gasteiger partial charge in [0, 0.05) is 24.9 Å². The van der Waals surface area contributed by atoms with E-state index in [9.17, 15) is 0 Å². The van der Waals surface area contributed by atoms with Crippen molar-refractivity contribution in [2.24, 2.45) is 10.9 Å². The van der Waals surface area contributed by atoms with E-state index in [-0.39, 0.29) is 24.0 Å². The number of guanidine groups is 1. The standard InChI is InChI=1S/C20H30N4OS.HI/c1-5-21-20(22-10-9-18-14-26-16(4)24-18)23-12-17-7-6-8-19(11-17)25-13-15(2)3;/h6-8,11,14-15H,5,9-10,12-13H2,1-4H3,(H2,21,22,23);1H. The molecule has 1 aromatic carbocycles. The van der Waals surface area contributed by atoms with Gasteiger partial charge in [0.25, 0.3) is 0 Å². The van der Waals surface area contributed by atoms with Crippen LogP contribution in [0.3, 0.4) is 0 Å². The van der Waals surface area contributed by atoms with Crippen LogP contribution in [0.1, 0.15) is 37.0 Å². The van der Waals surface area contributed by atoms with Gasteiger partial charge in [0.2, 0.25) is 0 Å². The Balaban J connectivity index is 0.00000364. The van der Waals surface area contributed by atoms with Gasteiger partial charge in [0.15, 0.2) is 5.96 Å². The summed E-state index contributed by atoms with van der Waals surface area (Å²) in [4.78, 5) is 9.17. The van der Waals surface area contributed by atoms with Crippen LogP contribution in [0.25, 0.3) is 0 Å². The molecule has 150 valence electrons. The maximum atomic E-state index is 5.79. The summed E-state index contributed by atoms with van der Waals surface area (Å²) in [6.45, 7) is 11.4. The van der Waals surface area contributed by atoms with Gasteiger partial charge in [-0.05, 0) is 37.5 Å². The molecule has 0 bridgehead atoms. The molecule has 0 amide bonds. The van der Waals surface area contributed by atoms with Gasteiger partial charge >= 0.3 is 0 Å². The quantitative estimate of drug-likeness (QED) is 0.303. The number of hydrogen-bond donors (Lipinski definition) is 2. The monoisotopic (exact) mass is 502 g/mol. The molecule has 0 fully saturated rings. The summed E-state index contributed by atoms with van der Waals surface area (Å²) in [6, 6.07) is 8.15. The first-order chi connectivity index (χ1) is 12.6. The molecule has 1 aromatic heterocycles. The average Bonchev–Trinajstić information content (AvgIpc) is 3.03. The molecular formula is C20H31IN4OS. The second-order valence-electron chi connectivity index (χ2n) is 6.58. The number of aliphatic imine (C=N–C) groups is 1. The van der Waals surface area contributed by atoms with Crippen molar-refractivity contribution in [2.75, 3.05) is 19.7 Å². The van der Waals surface area contributed by atoms with E-state index in [1.54, 1.807) is 11.3 Å². The van der Waals surface area contributed by atoms with E-state index in [1.807, 2.05) is 19.1 Å². The predicted molar refractivity (Wildman–Crippen MR) is 126 cm³/mol. The third kappa shape index (κ3) is 9.41. The van der Waals surface area contributed by atoms with Gasteiger partial charge < -0.3 is 15.4 Å². The van der Waals surface area contributed by atoms with Crippen LogP contribution in [0, 0.1) is 12.8 Å². The van der Waals surface area contributed by atoms with Crippen LogP contribution in [-0.2, 0) is 13.0 Å². The van der Waals surface area contributed by atoms with E-state index >= 15 is 0 Å². The molecule has 0 aliphatic heterocycles. The number of aromatic nitrogens is 1. The number of rotatable bonds is 9. The number of hydrogen-bond acceptors (Lipinski definition) is 4. The maximum absolute atomic E-state index is 5.79. The van der Waals surface area contributed by atoms with Crippen molar-refractivity contribution < 1.29 is 4.74 Å². The number of ether oxygens (including phenoxy) is 1. The molecule has 2 aromatic rings. The summed E-state index contributed by atoms with van der Waals surface area (Å²) >= 11 is 1.69. The van der Waals surface area contributed by atoms with Gasteiger partial charge in [-0.25, -0.2) is 9.98 Å². The minimum absolute atomic E-state index is 0. The first-order valence-electron chi connectivity index (χ1n) is 9.21. The van der Waals surface area contributed by atoms with Crippen molar-refractivity contribution in [3.05, 3.63) is 45.9 Å². The Labute approximate surface area is 184 Å². The van der Waals surface area contributed by atoms with Crippen LogP contribution in [0.2, 0.25) is 0 Å². The summed E-state index contributed by atoms with van der Waals surface area (Å²) in [5, 5.41) is 9.89. The van der Waals surface area contributed by atoms with Crippen LogP contribution in [0.4, 0.5) is 0 Å². The lowest BCUT2D eigenvalue weighted by molar-refractivity contribution is 0.271. The minimum atomic E-state index is 0. The molecule has 1 heterocycles. The molecule has 5 nitrogen and oxygen atoms in total. The van der Waals surface area contributed by atoms with E-state index < -0.39 is 0 Å². The van der Waals surface area contributed by atoms with E-state index in [4.69, 9.17) is 4.74 Å². The highest BCUT2D eigenvalue weighted by molar-refractivity contribution is 14.0. The average molecular weight is 502 g/mol. The number of thiazole rings is 1. The second-order valence-corrected chi connectivity index (χ2v) is 7.64. The fraction of sp³-hybridized carbons (Fsp3) is 0.500. The fourth-order valence-electron chi connectivity index (χ4n) is 2.34. The number of benzene rings is 1. The Morgan fingerprint density at radius 1 is 1.30 bits per heavy atom. The zero-order valence-electron chi connectivity index (χ0n) is 16.6. The Morgan fingerprint density at radius 3 is 2.78 bits per heavy atom. The number of halogens is 1. The van der Waals surface area contributed by atoms with Crippen molar-refractivity contribution in [1.82, 2.24) is 15.6 Å². The normalized spacial score (nSPS) is 11.2. The topological polar surface area (TPSA) is 58.5 Å². The van der Waals surface area contributed by atoms with Crippen molar-refractivity contribution >= 4 is 41.3 Å². The maximum Gasteiger partial charge on any atom is 0.191 e. The fourth-order valence-corrected chi connectivity index (χ4v) is 2.99. The zero-order valence-corrected chi connectivity index (χ0v) is 19.8.